The first-order chi connectivity index (χ1) is 20.2. The predicted molar refractivity (Wildman–Crippen MR) is 141 cm³/mol. The molecule has 15 heteroatoms. The van der Waals surface area contributed by atoms with Gasteiger partial charge in [0.2, 0.25) is 23.6 Å². The number of aromatic hydroxyl groups is 1. The molecular weight excluding hydrogens is 580 g/mol. The number of pyridine rings is 1. The van der Waals surface area contributed by atoms with Crippen molar-refractivity contribution in [1.82, 2.24) is 20.9 Å². The van der Waals surface area contributed by atoms with Gasteiger partial charge in [0.05, 0.1) is 23.6 Å². The van der Waals surface area contributed by atoms with Crippen LogP contribution in [0.2, 0.25) is 0 Å². The van der Waals surface area contributed by atoms with Gasteiger partial charge in [-0.3, -0.25) is 14.4 Å². The quantitative estimate of drug-likeness (QED) is 0.187. The number of para-hydroxylation sites is 1. The summed E-state index contributed by atoms with van der Waals surface area (Å²) >= 11 is 0. The number of aromatic nitrogens is 1. The molecule has 2 unspecified atom stereocenters. The van der Waals surface area contributed by atoms with Crippen LogP contribution >= 0.6 is 0 Å². The molecule has 3 rings (SSSR count). The van der Waals surface area contributed by atoms with Crippen LogP contribution in [0.3, 0.4) is 0 Å². The van der Waals surface area contributed by atoms with Crippen molar-refractivity contribution in [3.63, 3.8) is 0 Å². The molecule has 1 aliphatic rings. The van der Waals surface area contributed by atoms with Gasteiger partial charge in [0, 0.05) is 12.0 Å². The van der Waals surface area contributed by atoms with Crippen LogP contribution in [-0.4, -0.2) is 69.2 Å². The molecule has 234 valence electrons. The predicted octanol–water partition coefficient (Wildman–Crippen LogP) is 1.64. The Morgan fingerprint density at radius 2 is 1.70 bits per heavy atom. The maximum absolute atomic E-state index is 14.6. The zero-order valence-electron chi connectivity index (χ0n) is 23.7. The molecule has 43 heavy (non-hydrogen) atoms. The van der Waals surface area contributed by atoms with Crippen LogP contribution in [0.4, 0.5) is 17.6 Å². The lowest BCUT2D eigenvalue weighted by Crippen LogP contribution is -2.61. The maximum Gasteiger partial charge on any atom is 0.329 e. The Morgan fingerprint density at radius 1 is 1.05 bits per heavy atom. The average molecular weight is 613 g/mol. The Bertz CT molecular complexity index is 1400. The van der Waals surface area contributed by atoms with Crippen molar-refractivity contribution in [3.05, 3.63) is 58.9 Å². The lowest BCUT2D eigenvalue weighted by atomic mass is 9.90. The zero-order valence-corrected chi connectivity index (χ0v) is 23.7. The van der Waals surface area contributed by atoms with Crippen molar-refractivity contribution in [1.29, 1.82) is 0 Å². The number of amides is 3. The highest BCUT2D eigenvalue weighted by atomic mass is 19.2. The molecule has 0 spiro atoms. The van der Waals surface area contributed by atoms with Gasteiger partial charge in [0.1, 0.15) is 23.9 Å². The molecule has 1 aromatic heterocycles. The number of ether oxygens (including phenoxy) is 1. The van der Waals surface area contributed by atoms with Crippen LogP contribution < -0.4 is 16.0 Å². The molecule has 2 heterocycles. The number of phenols is 1. The Labute approximate surface area is 244 Å². The van der Waals surface area contributed by atoms with E-state index in [4.69, 9.17) is 4.74 Å². The second-order valence-corrected chi connectivity index (χ2v) is 10.4. The normalized spacial score (nSPS) is 25.8. The van der Waals surface area contributed by atoms with E-state index in [-0.39, 0.29) is 5.56 Å². The monoisotopic (exact) mass is 612 g/mol. The van der Waals surface area contributed by atoms with Crippen molar-refractivity contribution >= 4 is 23.7 Å². The standard InChI is InChI=1S/C28H32F4N4O7/c1-5-11(2)20-28(42)43-13(4)21(35-26(40)14-8-6-7-9-17(14)37)27(41)33-16(22(38)12(3)25(39)34-20)10-15-18(29)19(30)24(32)36-23(15)31/h6-9,11-13,16,20-22,37-38H,5,10H2,1-4H3,(H,33,41)(H,34,39)(H,35,40)/t11?,12-,13-,16+,20?,21+,22+/m1/s1. The topological polar surface area (TPSA) is 167 Å². The number of hydrogen-bond donors (Lipinski definition) is 5. The first kappa shape index (κ1) is 33.2. The van der Waals surface area contributed by atoms with E-state index in [9.17, 15) is 47.0 Å². The van der Waals surface area contributed by atoms with Crippen LogP contribution in [0.25, 0.3) is 0 Å². The van der Waals surface area contributed by atoms with E-state index in [1.165, 1.54) is 38.1 Å². The fourth-order valence-corrected chi connectivity index (χ4v) is 4.50. The third kappa shape index (κ3) is 7.39. The fraction of sp³-hybridized carbons (Fsp3) is 0.464. The van der Waals surface area contributed by atoms with E-state index >= 15 is 0 Å². The molecule has 1 aliphatic heterocycles. The number of nitrogens with zero attached hydrogens (tertiary/aromatic N) is 1. The number of nitrogens with one attached hydrogen (secondary N) is 3. The van der Waals surface area contributed by atoms with E-state index in [0.29, 0.717) is 6.42 Å². The maximum atomic E-state index is 14.6. The highest BCUT2D eigenvalue weighted by Gasteiger charge is 2.40. The number of phenolic OH excluding ortho intramolecular Hbond substituents is 1. The van der Waals surface area contributed by atoms with Crippen molar-refractivity contribution in [2.24, 2.45) is 11.8 Å². The van der Waals surface area contributed by atoms with Crippen LogP contribution in [-0.2, 0) is 25.5 Å². The Kier molecular flexibility index (Phi) is 10.7. The first-order valence-electron chi connectivity index (χ1n) is 13.4. The lowest BCUT2D eigenvalue weighted by molar-refractivity contribution is -0.157. The number of carbonyl (C=O) groups excluding carboxylic acids is 4. The number of aliphatic hydroxyl groups excluding tert-OH is 1. The SMILES string of the molecule is CCC(C)C1NC(=O)[C@H](C)[C@H](O)[C@H](Cc2c(F)nc(F)c(F)c2F)NC(=O)[C@@H](NC(=O)c2ccccc2O)[C@@H](C)OC1=O. The zero-order chi connectivity index (χ0) is 32.2. The smallest absolute Gasteiger partial charge is 0.329 e. The first-order valence-corrected chi connectivity index (χ1v) is 13.4. The summed E-state index contributed by atoms with van der Waals surface area (Å²) < 4.78 is 61.9. The fourth-order valence-electron chi connectivity index (χ4n) is 4.50. The second kappa shape index (κ2) is 13.8. The third-order valence-corrected chi connectivity index (χ3v) is 7.43. The number of cyclic esters (lactones) is 1. The van der Waals surface area contributed by atoms with Gasteiger partial charge in [-0.2, -0.15) is 18.2 Å². The molecule has 3 amide bonds. The summed E-state index contributed by atoms with van der Waals surface area (Å²) in [6.07, 6.45) is -3.95. The van der Waals surface area contributed by atoms with Crippen molar-refractivity contribution < 1.29 is 51.7 Å². The summed E-state index contributed by atoms with van der Waals surface area (Å²) in [5.74, 6) is -14.2. The highest BCUT2D eigenvalue weighted by Crippen LogP contribution is 2.23. The van der Waals surface area contributed by atoms with Gasteiger partial charge in [0.15, 0.2) is 5.82 Å². The molecule has 1 fully saturated rings. The van der Waals surface area contributed by atoms with E-state index in [0.717, 1.165) is 0 Å². The largest absolute Gasteiger partial charge is 0.507 e. The van der Waals surface area contributed by atoms with E-state index in [2.05, 4.69) is 20.9 Å². The van der Waals surface area contributed by atoms with Crippen LogP contribution in [0.15, 0.2) is 24.3 Å². The Hall–Kier alpha value is -4.27. The minimum Gasteiger partial charge on any atom is -0.507 e. The Balaban J connectivity index is 2.08. The van der Waals surface area contributed by atoms with E-state index in [1.54, 1.807) is 13.8 Å². The van der Waals surface area contributed by atoms with Crippen molar-refractivity contribution in [2.75, 3.05) is 0 Å². The number of aliphatic hydroxyl groups is 1. The number of carbonyl (C=O) groups is 4. The summed E-state index contributed by atoms with van der Waals surface area (Å²) in [5.41, 5.74) is -1.37. The minimum absolute atomic E-state index is 0.244. The number of halogens is 4. The van der Waals surface area contributed by atoms with Crippen LogP contribution in [0.5, 0.6) is 5.75 Å². The van der Waals surface area contributed by atoms with Crippen molar-refractivity contribution in [2.45, 2.75) is 70.9 Å². The molecule has 0 aliphatic carbocycles. The number of esters is 1. The van der Waals surface area contributed by atoms with E-state index in [1.807, 2.05) is 0 Å². The second-order valence-electron chi connectivity index (χ2n) is 10.4. The molecule has 11 nitrogen and oxygen atoms in total. The van der Waals surface area contributed by atoms with Gasteiger partial charge in [0.25, 0.3) is 11.9 Å². The van der Waals surface area contributed by atoms with E-state index < -0.39 is 107 Å². The minimum atomic E-state index is -2.10. The molecule has 1 saturated heterocycles. The lowest BCUT2D eigenvalue weighted by Gasteiger charge is -2.34. The van der Waals surface area contributed by atoms with Gasteiger partial charge in [-0.1, -0.05) is 39.3 Å². The molecule has 5 N–H and O–H groups in total. The van der Waals surface area contributed by atoms with Gasteiger partial charge in [-0.15, -0.1) is 0 Å². The number of benzene rings is 1. The molecular formula is C28H32F4N4O7. The van der Waals surface area contributed by atoms with Crippen molar-refractivity contribution in [3.8, 4) is 5.75 Å². The summed E-state index contributed by atoms with van der Waals surface area (Å²) in [6.45, 7) is 5.83. The van der Waals surface area contributed by atoms with Crippen LogP contribution in [0, 0.1) is 35.4 Å². The molecule has 1 aromatic carbocycles. The summed E-state index contributed by atoms with van der Waals surface area (Å²) in [6, 6.07) is 0.636. The number of rotatable bonds is 6. The van der Waals surface area contributed by atoms with Gasteiger partial charge in [-0.25, -0.2) is 9.18 Å². The summed E-state index contributed by atoms with van der Waals surface area (Å²) in [4.78, 5) is 55.5. The average Bonchev–Trinajstić information content (AvgIpc) is 2.97. The molecule has 2 aromatic rings. The number of hydrogen-bond acceptors (Lipinski definition) is 8. The molecule has 0 bridgehead atoms. The van der Waals surface area contributed by atoms with Gasteiger partial charge < -0.3 is 30.9 Å². The summed E-state index contributed by atoms with van der Waals surface area (Å²) in [7, 11) is 0. The molecule has 0 saturated carbocycles. The van der Waals surface area contributed by atoms with Crippen LogP contribution in [0.1, 0.15) is 50.0 Å². The van der Waals surface area contributed by atoms with Gasteiger partial charge in [-0.05, 0) is 25.0 Å². The third-order valence-electron chi connectivity index (χ3n) is 7.43. The van der Waals surface area contributed by atoms with Gasteiger partial charge >= 0.3 is 5.97 Å². The highest BCUT2D eigenvalue weighted by molar-refractivity contribution is 6.00. The summed E-state index contributed by atoms with van der Waals surface area (Å²) in [5, 5.41) is 28.3. The molecule has 0 radical (unpaired) electrons. The molecule has 7 atom stereocenters. The Morgan fingerprint density at radius 3 is 2.33 bits per heavy atom.